The molecule has 2 N–H and O–H groups in total. The average Bonchev–Trinajstić information content (AvgIpc) is 2.82. The molecule has 3 rings (SSSR count). The van der Waals surface area contributed by atoms with Crippen LogP contribution in [0.1, 0.15) is 44.9 Å². The van der Waals surface area contributed by atoms with E-state index in [4.69, 9.17) is 16.3 Å². The number of nitrogens with one attached hydrogen (secondary N) is 2. The third kappa shape index (κ3) is 7.89. The van der Waals surface area contributed by atoms with Gasteiger partial charge in [0.05, 0.1) is 0 Å². The Morgan fingerprint density at radius 1 is 0.938 bits per heavy atom. The van der Waals surface area contributed by atoms with Gasteiger partial charge in [0.25, 0.3) is 5.91 Å². The molecule has 0 bridgehead atoms. The molecule has 8 nitrogen and oxygen atoms in total. The van der Waals surface area contributed by atoms with Crippen LogP contribution in [0.5, 0.6) is 5.75 Å². The van der Waals surface area contributed by atoms with E-state index < -0.39 is 0 Å². The summed E-state index contributed by atoms with van der Waals surface area (Å²) in [5, 5.41) is 6.47. The minimum absolute atomic E-state index is 0.0375. The predicted octanol–water partition coefficient (Wildman–Crippen LogP) is 2.80. The van der Waals surface area contributed by atoms with E-state index in [1.165, 1.54) is 19.3 Å². The number of carbonyl (C=O) groups excluding carboxylic acids is 3. The van der Waals surface area contributed by atoms with Crippen LogP contribution >= 0.6 is 11.6 Å². The molecule has 1 aliphatic carbocycles. The van der Waals surface area contributed by atoms with E-state index >= 15 is 0 Å². The second-order valence-corrected chi connectivity index (χ2v) is 8.78. The van der Waals surface area contributed by atoms with Crippen LogP contribution in [0, 0.1) is 0 Å². The summed E-state index contributed by atoms with van der Waals surface area (Å²) in [7, 11) is 0. The number of halogens is 1. The van der Waals surface area contributed by atoms with Crippen molar-refractivity contribution < 1.29 is 19.1 Å². The largest absolute Gasteiger partial charge is 0.484 e. The van der Waals surface area contributed by atoms with E-state index in [1.807, 2.05) is 0 Å². The second-order valence-electron chi connectivity index (χ2n) is 8.34. The van der Waals surface area contributed by atoms with Crippen molar-refractivity contribution in [3.63, 3.8) is 0 Å². The molecule has 0 aromatic heterocycles. The molecular weight excluding hydrogens is 432 g/mol. The minimum atomic E-state index is -0.141. The van der Waals surface area contributed by atoms with Gasteiger partial charge in [-0.3, -0.25) is 9.59 Å². The van der Waals surface area contributed by atoms with Gasteiger partial charge in [0, 0.05) is 50.2 Å². The van der Waals surface area contributed by atoms with Crippen molar-refractivity contribution in [2.24, 2.45) is 0 Å². The number of ether oxygens (including phenoxy) is 1. The smallest absolute Gasteiger partial charge is 0.315 e. The lowest BCUT2D eigenvalue weighted by Crippen LogP contribution is -2.51. The van der Waals surface area contributed by atoms with Crippen LogP contribution in [0.15, 0.2) is 24.3 Å². The van der Waals surface area contributed by atoms with E-state index in [1.54, 1.807) is 34.1 Å². The summed E-state index contributed by atoms with van der Waals surface area (Å²) in [6.07, 6.45) is 6.69. The van der Waals surface area contributed by atoms with Gasteiger partial charge in [-0.2, -0.15) is 0 Å². The van der Waals surface area contributed by atoms with Crippen LogP contribution in [0.2, 0.25) is 5.02 Å². The molecule has 2 aliphatic rings. The van der Waals surface area contributed by atoms with Crippen molar-refractivity contribution in [2.45, 2.75) is 51.0 Å². The Hall–Kier alpha value is -2.48. The first-order chi connectivity index (χ1) is 15.5. The van der Waals surface area contributed by atoms with Crippen molar-refractivity contribution >= 4 is 29.4 Å². The van der Waals surface area contributed by atoms with Crippen molar-refractivity contribution in [2.75, 3.05) is 39.3 Å². The number of hydrogen-bond donors (Lipinski definition) is 2. The zero-order valence-electron chi connectivity index (χ0n) is 18.5. The minimum Gasteiger partial charge on any atom is -0.484 e. The fraction of sp³-hybridized carbons (Fsp3) is 0.609. The van der Waals surface area contributed by atoms with Crippen LogP contribution in [-0.4, -0.2) is 73.0 Å². The van der Waals surface area contributed by atoms with Gasteiger partial charge < -0.3 is 25.2 Å². The number of urea groups is 1. The molecule has 4 amide bonds. The Morgan fingerprint density at radius 2 is 1.56 bits per heavy atom. The molecule has 2 fully saturated rings. The van der Waals surface area contributed by atoms with Crippen LogP contribution in [-0.2, 0) is 9.59 Å². The maximum atomic E-state index is 12.4. The molecule has 1 saturated carbocycles. The lowest BCUT2D eigenvalue weighted by Gasteiger charge is -2.34. The highest BCUT2D eigenvalue weighted by Crippen LogP contribution is 2.17. The van der Waals surface area contributed by atoms with Crippen molar-refractivity contribution in [1.82, 2.24) is 20.4 Å². The van der Waals surface area contributed by atoms with Gasteiger partial charge >= 0.3 is 6.03 Å². The fourth-order valence-electron chi connectivity index (χ4n) is 4.06. The van der Waals surface area contributed by atoms with Gasteiger partial charge in [0.2, 0.25) is 5.91 Å². The zero-order valence-corrected chi connectivity index (χ0v) is 19.2. The fourth-order valence-corrected chi connectivity index (χ4v) is 4.18. The summed E-state index contributed by atoms with van der Waals surface area (Å²) in [5.74, 6) is 0.557. The molecule has 32 heavy (non-hydrogen) atoms. The molecule has 0 spiro atoms. The lowest BCUT2D eigenvalue weighted by molar-refractivity contribution is -0.140. The summed E-state index contributed by atoms with van der Waals surface area (Å²) in [4.78, 5) is 40.2. The average molecular weight is 465 g/mol. The third-order valence-electron chi connectivity index (χ3n) is 5.95. The highest BCUT2D eigenvalue weighted by molar-refractivity contribution is 6.30. The first-order valence-electron chi connectivity index (χ1n) is 11.5. The summed E-state index contributed by atoms with van der Waals surface area (Å²) in [5.41, 5.74) is 0. The van der Waals surface area contributed by atoms with Crippen LogP contribution < -0.4 is 15.4 Å². The van der Waals surface area contributed by atoms with Crippen molar-refractivity contribution in [3.05, 3.63) is 29.3 Å². The molecular formula is C23H33ClN4O4. The first kappa shape index (κ1) is 24.2. The van der Waals surface area contributed by atoms with E-state index in [0.717, 1.165) is 12.8 Å². The van der Waals surface area contributed by atoms with Crippen molar-refractivity contribution in [1.29, 1.82) is 0 Å². The Balaban J connectivity index is 1.26. The lowest BCUT2D eigenvalue weighted by atomic mass is 9.96. The van der Waals surface area contributed by atoms with Gasteiger partial charge in [-0.25, -0.2) is 4.79 Å². The molecule has 1 saturated heterocycles. The maximum Gasteiger partial charge on any atom is 0.315 e. The Morgan fingerprint density at radius 3 is 2.22 bits per heavy atom. The number of carbonyl (C=O) groups is 3. The Labute approximate surface area is 194 Å². The second kappa shape index (κ2) is 12.5. The number of piperazine rings is 1. The van der Waals surface area contributed by atoms with Gasteiger partial charge in [0.15, 0.2) is 6.61 Å². The monoisotopic (exact) mass is 464 g/mol. The number of rotatable bonds is 8. The molecule has 1 aromatic carbocycles. The SMILES string of the molecule is O=C(NCCCC(=O)N1CCN(C(=O)COc2ccc(Cl)cc2)CC1)NC1CCCCC1. The zero-order chi connectivity index (χ0) is 22.8. The molecule has 1 aromatic rings. The predicted molar refractivity (Wildman–Crippen MR) is 123 cm³/mol. The number of benzene rings is 1. The van der Waals surface area contributed by atoms with Gasteiger partial charge in [-0.15, -0.1) is 0 Å². The molecule has 1 heterocycles. The quantitative estimate of drug-likeness (QED) is 0.579. The van der Waals surface area contributed by atoms with E-state index in [0.29, 0.717) is 56.3 Å². The molecule has 1 aliphatic heterocycles. The molecule has 0 unspecified atom stereocenters. The molecule has 0 radical (unpaired) electrons. The molecule has 9 heteroatoms. The first-order valence-corrected chi connectivity index (χ1v) is 11.9. The number of nitrogens with zero attached hydrogens (tertiary/aromatic N) is 2. The maximum absolute atomic E-state index is 12.4. The summed E-state index contributed by atoms with van der Waals surface area (Å²) in [6.45, 7) is 2.46. The van der Waals surface area contributed by atoms with Gasteiger partial charge in [0.1, 0.15) is 5.75 Å². The molecule has 176 valence electrons. The Kier molecular flexibility index (Phi) is 9.46. The highest BCUT2D eigenvalue weighted by Gasteiger charge is 2.24. The van der Waals surface area contributed by atoms with Gasteiger partial charge in [-0.05, 0) is 43.5 Å². The van der Waals surface area contributed by atoms with Crippen LogP contribution in [0.25, 0.3) is 0 Å². The summed E-state index contributed by atoms with van der Waals surface area (Å²) >= 11 is 5.84. The van der Waals surface area contributed by atoms with Crippen molar-refractivity contribution in [3.8, 4) is 5.75 Å². The topological polar surface area (TPSA) is 91.0 Å². The summed E-state index contributed by atoms with van der Waals surface area (Å²) in [6, 6.07) is 7.01. The standard InChI is InChI=1S/C23H33ClN4O4/c24-18-8-10-20(11-9-18)32-17-22(30)28-15-13-27(14-16-28)21(29)7-4-12-25-23(31)26-19-5-2-1-3-6-19/h8-11,19H,1-7,12-17H2,(H2,25,26,31). The Bertz CT molecular complexity index is 760. The van der Waals surface area contributed by atoms with Crippen LogP contribution in [0.4, 0.5) is 4.79 Å². The molecule has 0 atom stereocenters. The van der Waals surface area contributed by atoms with E-state index in [2.05, 4.69) is 10.6 Å². The van der Waals surface area contributed by atoms with E-state index in [-0.39, 0.29) is 30.5 Å². The third-order valence-corrected chi connectivity index (χ3v) is 6.21. The van der Waals surface area contributed by atoms with Crippen LogP contribution in [0.3, 0.4) is 0 Å². The number of amides is 4. The highest BCUT2D eigenvalue weighted by atomic mass is 35.5. The van der Waals surface area contributed by atoms with Gasteiger partial charge in [-0.1, -0.05) is 30.9 Å². The number of hydrogen-bond acceptors (Lipinski definition) is 4. The normalized spacial score (nSPS) is 17.0. The summed E-state index contributed by atoms with van der Waals surface area (Å²) < 4.78 is 5.51. The van der Waals surface area contributed by atoms with E-state index in [9.17, 15) is 14.4 Å².